The van der Waals surface area contributed by atoms with Crippen LogP contribution in [-0.4, -0.2) is 15.0 Å². The lowest BCUT2D eigenvalue weighted by Crippen LogP contribution is -1.93. The standard InChI is InChI=1S/C12H6Br2ClN3S/c1-5-16-9(4-19-5)12-17-10-7(11(15)18-12)2-6(13)3-8(10)14/h2-4H,1H3. The molecule has 0 radical (unpaired) electrons. The van der Waals surface area contributed by atoms with Crippen LogP contribution < -0.4 is 0 Å². The second kappa shape index (κ2) is 5.09. The van der Waals surface area contributed by atoms with Crippen LogP contribution in [0.25, 0.3) is 22.4 Å². The lowest BCUT2D eigenvalue weighted by molar-refractivity contribution is 1.17. The molecule has 96 valence electrons. The second-order valence-electron chi connectivity index (χ2n) is 3.87. The number of thiazole rings is 1. The zero-order chi connectivity index (χ0) is 13.6. The lowest BCUT2D eigenvalue weighted by Gasteiger charge is -2.05. The molecule has 0 spiro atoms. The minimum absolute atomic E-state index is 0.424. The molecule has 3 aromatic rings. The molecule has 3 nitrogen and oxygen atoms in total. The van der Waals surface area contributed by atoms with Crippen molar-refractivity contribution in [3.8, 4) is 11.5 Å². The molecule has 0 saturated carbocycles. The smallest absolute Gasteiger partial charge is 0.181 e. The molecule has 0 aliphatic heterocycles. The van der Waals surface area contributed by atoms with Crippen molar-refractivity contribution in [3.63, 3.8) is 0 Å². The number of rotatable bonds is 1. The Hall–Kier alpha value is -0.560. The fourth-order valence-electron chi connectivity index (χ4n) is 1.70. The summed E-state index contributed by atoms with van der Waals surface area (Å²) in [7, 11) is 0. The summed E-state index contributed by atoms with van der Waals surface area (Å²) in [4.78, 5) is 13.3. The van der Waals surface area contributed by atoms with Gasteiger partial charge in [-0.05, 0) is 35.0 Å². The highest BCUT2D eigenvalue weighted by Crippen LogP contribution is 2.32. The van der Waals surface area contributed by atoms with Crippen LogP contribution in [-0.2, 0) is 0 Å². The molecule has 1 aromatic carbocycles. The van der Waals surface area contributed by atoms with E-state index in [4.69, 9.17) is 11.6 Å². The van der Waals surface area contributed by atoms with E-state index in [0.29, 0.717) is 11.0 Å². The van der Waals surface area contributed by atoms with Crippen LogP contribution in [0, 0.1) is 6.92 Å². The van der Waals surface area contributed by atoms with Gasteiger partial charge in [0.05, 0.1) is 10.5 Å². The molecule has 3 rings (SSSR count). The topological polar surface area (TPSA) is 38.7 Å². The molecular weight excluding hydrogens is 413 g/mol. The van der Waals surface area contributed by atoms with Crippen LogP contribution in [0.3, 0.4) is 0 Å². The average Bonchev–Trinajstić information content (AvgIpc) is 2.77. The maximum absolute atomic E-state index is 6.25. The molecule has 19 heavy (non-hydrogen) atoms. The highest BCUT2D eigenvalue weighted by Gasteiger charge is 2.13. The van der Waals surface area contributed by atoms with E-state index in [1.165, 1.54) is 0 Å². The Morgan fingerprint density at radius 3 is 2.63 bits per heavy atom. The van der Waals surface area contributed by atoms with E-state index in [2.05, 4.69) is 46.8 Å². The predicted octanol–water partition coefficient (Wildman–Crippen LogP) is 5.24. The largest absolute Gasteiger partial charge is 0.238 e. The molecule has 0 aliphatic rings. The summed E-state index contributed by atoms with van der Waals surface area (Å²) in [6.45, 7) is 1.95. The van der Waals surface area contributed by atoms with Gasteiger partial charge < -0.3 is 0 Å². The van der Waals surface area contributed by atoms with Crippen molar-refractivity contribution in [2.75, 3.05) is 0 Å². The van der Waals surface area contributed by atoms with Gasteiger partial charge in [-0.15, -0.1) is 11.3 Å². The first kappa shape index (κ1) is 13.4. The van der Waals surface area contributed by atoms with Gasteiger partial charge in [0.2, 0.25) is 0 Å². The third kappa shape index (κ3) is 2.54. The van der Waals surface area contributed by atoms with Crippen LogP contribution in [0.4, 0.5) is 0 Å². The highest BCUT2D eigenvalue weighted by atomic mass is 79.9. The molecule has 7 heteroatoms. The minimum atomic E-state index is 0.424. The van der Waals surface area contributed by atoms with Crippen molar-refractivity contribution in [3.05, 3.63) is 36.6 Å². The zero-order valence-electron chi connectivity index (χ0n) is 9.62. The Labute approximate surface area is 135 Å². The van der Waals surface area contributed by atoms with E-state index >= 15 is 0 Å². The number of nitrogens with zero attached hydrogens (tertiary/aromatic N) is 3. The summed E-state index contributed by atoms with van der Waals surface area (Å²) >= 11 is 14.7. The van der Waals surface area contributed by atoms with Gasteiger partial charge >= 0.3 is 0 Å². The van der Waals surface area contributed by atoms with Gasteiger partial charge in [-0.25, -0.2) is 15.0 Å². The Balaban J connectivity index is 2.30. The normalized spacial score (nSPS) is 11.2. The van der Waals surface area contributed by atoms with Crippen molar-refractivity contribution in [1.82, 2.24) is 15.0 Å². The Bertz CT molecular complexity index is 788. The molecule has 0 aliphatic carbocycles. The summed E-state index contributed by atoms with van der Waals surface area (Å²) in [5, 5.41) is 4.13. The number of aromatic nitrogens is 3. The summed E-state index contributed by atoms with van der Waals surface area (Å²) < 4.78 is 1.80. The van der Waals surface area contributed by atoms with Crippen LogP contribution in [0.1, 0.15) is 5.01 Å². The first-order valence-corrected chi connectivity index (χ1v) is 8.14. The minimum Gasteiger partial charge on any atom is -0.238 e. The van der Waals surface area contributed by atoms with Gasteiger partial charge in [-0.1, -0.05) is 27.5 Å². The summed E-state index contributed by atoms with van der Waals surface area (Å²) in [5.41, 5.74) is 1.53. The molecule has 0 fully saturated rings. The molecule has 0 saturated heterocycles. The van der Waals surface area contributed by atoms with Gasteiger partial charge in [-0.2, -0.15) is 0 Å². The Kier molecular flexibility index (Phi) is 3.59. The van der Waals surface area contributed by atoms with E-state index in [1.807, 2.05) is 24.4 Å². The maximum atomic E-state index is 6.25. The number of hydrogen-bond acceptors (Lipinski definition) is 4. The van der Waals surface area contributed by atoms with Crippen LogP contribution in [0.15, 0.2) is 26.5 Å². The van der Waals surface area contributed by atoms with Gasteiger partial charge in [0, 0.05) is 19.7 Å². The van der Waals surface area contributed by atoms with E-state index < -0.39 is 0 Å². The van der Waals surface area contributed by atoms with E-state index in [0.717, 1.165) is 30.5 Å². The lowest BCUT2D eigenvalue weighted by atomic mass is 10.2. The maximum Gasteiger partial charge on any atom is 0.181 e. The molecule has 0 unspecified atom stereocenters. The fraction of sp³-hybridized carbons (Fsp3) is 0.0833. The van der Waals surface area contributed by atoms with Crippen LogP contribution in [0.2, 0.25) is 5.15 Å². The van der Waals surface area contributed by atoms with Crippen molar-refractivity contribution in [2.24, 2.45) is 0 Å². The first-order valence-electron chi connectivity index (χ1n) is 5.29. The number of benzene rings is 1. The van der Waals surface area contributed by atoms with Crippen LogP contribution in [0.5, 0.6) is 0 Å². The van der Waals surface area contributed by atoms with E-state index in [1.54, 1.807) is 11.3 Å². The highest BCUT2D eigenvalue weighted by molar-refractivity contribution is 9.11. The van der Waals surface area contributed by atoms with Crippen molar-refractivity contribution >= 4 is 65.7 Å². The van der Waals surface area contributed by atoms with Gasteiger partial charge in [0.15, 0.2) is 5.82 Å². The molecule has 0 amide bonds. The molecule has 0 bridgehead atoms. The Morgan fingerprint density at radius 1 is 1.16 bits per heavy atom. The second-order valence-corrected chi connectivity index (χ2v) is 7.06. The summed E-state index contributed by atoms with van der Waals surface area (Å²) in [6, 6.07) is 3.83. The third-order valence-corrected chi connectivity index (χ3v) is 4.64. The number of aryl methyl sites for hydroxylation is 1. The third-order valence-electron chi connectivity index (χ3n) is 2.52. The van der Waals surface area contributed by atoms with E-state index in [9.17, 15) is 0 Å². The molecule has 0 atom stereocenters. The zero-order valence-corrected chi connectivity index (χ0v) is 14.4. The van der Waals surface area contributed by atoms with Gasteiger partial charge in [0.25, 0.3) is 0 Å². The molecule has 2 heterocycles. The fourth-order valence-corrected chi connectivity index (χ4v) is 3.83. The monoisotopic (exact) mass is 417 g/mol. The van der Waals surface area contributed by atoms with Gasteiger partial charge in [-0.3, -0.25) is 0 Å². The van der Waals surface area contributed by atoms with Crippen LogP contribution >= 0.6 is 54.8 Å². The van der Waals surface area contributed by atoms with Crippen molar-refractivity contribution in [1.29, 1.82) is 0 Å². The quantitative estimate of drug-likeness (QED) is 0.506. The molecular formula is C12H6Br2ClN3S. The van der Waals surface area contributed by atoms with Crippen molar-refractivity contribution < 1.29 is 0 Å². The number of halogens is 3. The summed E-state index contributed by atoms with van der Waals surface area (Å²) in [6.07, 6.45) is 0. The van der Waals surface area contributed by atoms with Gasteiger partial charge in [0.1, 0.15) is 10.8 Å². The van der Waals surface area contributed by atoms with E-state index in [-0.39, 0.29) is 0 Å². The number of hydrogen-bond donors (Lipinski definition) is 0. The SMILES string of the molecule is Cc1nc(-c2nc(Cl)c3cc(Br)cc(Br)c3n2)cs1. The first-order chi connectivity index (χ1) is 9.04. The molecule has 0 N–H and O–H groups in total. The number of fused-ring (bicyclic) bond motifs is 1. The predicted molar refractivity (Wildman–Crippen MR) is 85.8 cm³/mol. The summed E-state index contributed by atoms with van der Waals surface area (Å²) in [5.74, 6) is 0.546. The Morgan fingerprint density at radius 2 is 1.95 bits per heavy atom. The average molecular weight is 420 g/mol. The molecule has 2 aromatic heterocycles. The van der Waals surface area contributed by atoms with Crippen molar-refractivity contribution in [2.45, 2.75) is 6.92 Å².